The van der Waals surface area contributed by atoms with Crippen molar-refractivity contribution in [2.75, 3.05) is 33.8 Å². The predicted molar refractivity (Wildman–Crippen MR) is 124 cm³/mol. The van der Waals surface area contributed by atoms with Crippen LogP contribution in [0.3, 0.4) is 0 Å². The Balaban J connectivity index is 1.60. The van der Waals surface area contributed by atoms with E-state index in [0.717, 1.165) is 17.1 Å². The molecule has 3 rings (SSSR count). The van der Waals surface area contributed by atoms with Gasteiger partial charge in [0.15, 0.2) is 0 Å². The van der Waals surface area contributed by atoms with Crippen LogP contribution >= 0.6 is 11.6 Å². The molecule has 0 radical (unpaired) electrons. The van der Waals surface area contributed by atoms with Crippen LogP contribution in [0.5, 0.6) is 5.75 Å². The second-order valence-electron chi connectivity index (χ2n) is 7.59. The van der Waals surface area contributed by atoms with Gasteiger partial charge in [-0.05, 0) is 48.7 Å². The van der Waals surface area contributed by atoms with Gasteiger partial charge in [0.1, 0.15) is 10.6 Å². The molecule has 1 heterocycles. The fourth-order valence-corrected chi connectivity index (χ4v) is 6.48. The average Bonchev–Trinajstić information content (AvgIpc) is 3.34. The number of nitrogens with zero attached hydrogens (tertiary/aromatic N) is 2. The fraction of sp³-hybridized carbons (Fsp3) is 0.381. The van der Waals surface area contributed by atoms with Gasteiger partial charge in [0.05, 0.1) is 18.6 Å². The molecule has 1 aliphatic rings. The Bertz CT molecular complexity index is 1210. The van der Waals surface area contributed by atoms with Crippen LogP contribution in [-0.2, 0) is 31.4 Å². The van der Waals surface area contributed by atoms with Crippen molar-refractivity contribution in [3.8, 4) is 5.75 Å². The smallest absolute Gasteiger partial charge is 0.247 e. The van der Waals surface area contributed by atoms with E-state index in [4.69, 9.17) is 16.3 Å². The minimum Gasteiger partial charge on any atom is -0.495 e. The lowest BCUT2D eigenvalue weighted by atomic mass is 10.2. The summed E-state index contributed by atoms with van der Waals surface area (Å²) in [5.41, 5.74) is 0.686. The largest absolute Gasteiger partial charge is 0.495 e. The molecule has 0 bridgehead atoms. The molecule has 0 aliphatic carbocycles. The molecule has 0 spiro atoms. The lowest BCUT2D eigenvalue weighted by Crippen LogP contribution is -2.38. The third-order valence-electron chi connectivity index (χ3n) is 5.30. The standard InChI is InChI=1S/C21H26ClN3O6S2/c1-24(33(29,30)20-13-17(22)7-10-19(20)31-2)15-21(26)23-14-16-5-8-18(9-6-16)32(27,28)25-11-3-4-12-25/h5-10,13H,3-4,11-12,14-15H2,1-2H3,(H,23,26). The maximum Gasteiger partial charge on any atom is 0.247 e. The van der Waals surface area contributed by atoms with Gasteiger partial charge in [0.2, 0.25) is 26.0 Å². The number of hydrogen-bond donors (Lipinski definition) is 1. The number of halogens is 1. The lowest BCUT2D eigenvalue weighted by Gasteiger charge is -2.19. The van der Waals surface area contributed by atoms with Crippen molar-refractivity contribution in [2.24, 2.45) is 0 Å². The molecule has 0 saturated carbocycles. The van der Waals surface area contributed by atoms with Crippen LogP contribution in [0.15, 0.2) is 52.3 Å². The van der Waals surface area contributed by atoms with Crippen molar-refractivity contribution >= 4 is 37.6 Å². The number of sulfonamides is 2. The monoisotopic (exact) mass is 515 g/mol. The first-order valence-corrected chi connectivity index (χ1v) is 13.5. The number of carbonyl (C=O) groups excluding carboxylic acids is 1. The van der Waals surface area contributed by atoms with Crippen LogP contribution in [0, 0.1) is 0 Å². The van der Waals surface area contributed by atoms with Crippen molar-refractivity contribution in [3.63, 3.8) is 0 Å². The van der Waals surface area contributed by atoms with Crippen LogP contribution in [0.25, 0.3) is 0 Å². The number of methoxy groups -OCH3 is 1. The van der Waals surface area contributed by atoms with Crippen molar-refractivity contribution in [2.45, 2.75) is 29.2 Å². The summed E-state index contributed by atoms with van der Waals surface area (Å²) in [4.78, 5) is 12.4. The Kier molecular flexibility index (Phi) is 8.01. The van der Waals surface area contributed by atoms with Crippen LogP contribution in [0.2, 0.25) is 5.02 Å². The van der Waals surface area contributed by atoms with Crippen molar-refractivity contribution < 1.29 is 26.4 Å². The topological polar surface area (TPSA) is 113 Å². The Morgan fingerprint density at radius 3 is 2.33 bits per heavy atom. The summed E-state index contributed by atoms with van der Waals surface area (Å²) < 4.78 is 58.4. The summed E-state index contributed by atoms with van der Waals surface area (Å²) >= 11 is 5.93. The number of rotatable bonds is 9. The molecular formula is C21H26ClN3O6S2. The number of ether oxygens (including phenoxy) is 1. The lowest BCUT2D eigenvalue weighted by molar-refractivity contribution is -0.121. The highest BCUT2D eigenvalue weighted by molar-refractivity contribution is 7.89. The second kappa shape index (κ2) is 10.4. The van der Waals surface area contributed by atoms with Gasteiger partial charge in [0.25, 0.3) is 0 Å². The molecule has 1 amide bonds. The van der Waals surface area contributed by atoms with Gasteiger partial charge in [0, 0.05) is 31.7 Å². The van der Waals surface area contributed by atoms with Gasteiger partial charge < -0.3 is 10.1 Å². The van der Waals surface area contributed by atoms with Gasteiger partial charge in [-0.2, -0.15) is 8.61 Å². The highest BCUT2D eigenvalue weighted by atomic mass is 35.5. The fourth-order valence-electron chi connectivity index (χ4n) is 3.42. The van der Waals surface area contributed by atoms with E-state index < -0.39 is 32.5 Å². The van der Waals surface area contributed by atoms with E-state index in [0.29, 0.717) is 18.7 Å². The van der Waals surface area contributed by atoms with E-state index >= 15 is 0 Å². The summed E-state index contributed by atoms with van der Waals surface area (Å²) in [6, 6.07) is 10.5. The minimum absolute atomic E-state index is 0.121. The summed E-state index contributed by atoms with van der Waals surface area (Å²) in [5.74, 6) is -0.397. The highest BCUT2D eigenvalue weighted by Crippen LogP contribution is 2.29. The first-order chi connectivity index (χ1) is 15.6. The second-order valence-corrected chi connectivity index (χ2v) is 12.0. The van der Waals surface area contributed by atoms with Gasteiger partial charge >= 0.3 is 0 Å². The zero-order valence-corrected chi connectivity index (χ0v) is 20.7. The van der Waals surface area contributed by atoms with Crippen LogP contribution < -0.4 is 10.1 Å². The molecule has 2 aromatic carbocycles. The number of benzene rings is 2. The molecule has 1 aliphatic heterocycles. The van der Waals surface area contributed by atoms with Crippen molar-refractivity contribution in [3.05, 3.63) is 53.1 Å². The Hall–Kier alpha value is -2.18. The molecule has 1 fully saturated rings. The molecule has 2 aromatic rings. The number of hydrogen-bond acceptors (Lipinski definition) is 6. The number of carbonyl (C=O) groups is 1. The number of amides is 1. The zero-order chi connectivity index (χ0) is 24.2. The quantitative estimate of drug-likeness (QED) is 0.547. The van der Waals surface area contributed by atoms with E-state index in [-0.39, 0.29) is 27.1 Å². The first-order valence-electron chi connectivity index (χ1n) is 10.2. The molecule has 0 unspecified atom stereocenters. The Labute approximate surface area is 199 Å². The maximum absolute atomic E-state index is 12.9. The molecule has 12 heteroatoms. The molecule has 180 valence electrons. The summed E-state index contributed by atoms with van der Waals surface area (Å²) in [5, 5.41) is 2.87. The maximum atomic E-state index is 12.9. The molecule has 1 saturated heterocycles. The van der Waals surface area contributed by atoms with Crippen molar-refractivity contribution in [1.29, 1.82) is 0 Å². The Morgan fingerprint density at radius 2 is 1.73 bits per heavy atom. The van der Waals surface area contributed by atoms with Crippen LogP contribution in [-0.4, -0.2) is 65.1 Å². The highest BCUT2D eigenvalue weighted by Gasteiger charge is 2.28. The molecule has 33 heavy (non-hydrogen) atoms. The molecule has 1 N–H and O–H groups in total. The van der Waals surface area contributed by atoms with E-state index in [9.17, 15) is 21.6 Å². The van der Waals surface area contributed by atoms with Crippen LogP contribution in [0.4, 0.5) is 0 Å². The van der Waals surface area contributed by atoms with E-state index in [1.807, 2.05) is 0 Å². The molecule has 0 aromatic heterocycles. The van der Waals surface area contributed by atoms with E-state index in [2.05, 4.69) is 5.32 Å². The Morgan fingerprint density at radius 1 is 1.09 bits per heavy atom. The molecule has 9 nitrogen and oxygen atoms in total. The van der Waals surface area contributed by atoms with E-state index in [1.165, 1.54) is 48.8 Å². The summed E-state index contributed by atoms with van der Waals surface area (Å²) in [7, 11) is -4.89. The van der Waals surface area contributed by atoms with Crippen molar-refractivity contribution in [1.82, 2.24) is 13.9 Å². The predicted octanol–water partition coefficient (Wildman–Crippen LogP) is 2.07. The first kappa shape index (κ1) is 25.4. The normalized spacial score (nSPS) is 15.0. The molecular weight excluding hydrogens is 490 g/mol. The summed E-state index contributed by atoms with van der Waals surface area (Å²) in [6.45, 7) is 0.756. The van der Waals surface area contributed by atoms with Crippen LogP contribution in [0.1, 0.15) is 18.4 Å². The van der Waals surface area contributed by atoms with Gasteiger partial charge in [-0.1, -0.05) is 23.7 Å². The van der Waals surface area contributed by atoms with E-state index in [1.54, 1.807) is 12.1 Å². The van der Waals surface area contributed by atoms with Gasteiger partial charge in [-0.25, -0.2) is 16.8 Å². The zero-order valence-electron chi connectivity index (χ0n) is 18.3. The van der Waals surface area contributed by atoms with Gasteiger partial charge in [-0.3, -0.25) is 4.79 Å². The number of likely N-dealkylation sites (N-methyl/N-ethyl adjacent to an activating group) is 1. The summed E-state index contributed by atoms with van der Waals surface area (Å²) in [6.07, 6.45) is 1.72. The minimum atomic E-state index is -4.02. The SMILES string of the molecule is COc1ccc(Cl)cc1S(=O)(=O)N(C)CC(=O)NCc1ccc(S(=O)(=O)N2CCCC2)cc1. The third kappa shape index (κ3) is 5.85. The third-order valence-corrected chi connectivity index (χ3v) is 9.27. The average molecular weight is 516 g/mol. The van der Waals surface area contributed by atoms with Gasteiger partial charge in [-0.15, -0.1) is 0 Å². The number of nitrogens with one attached hydrogen (secondary N) is 1. The molecule has 0 atom stereocenters.